The highest BCUT2D eigenvalue weighted by atomic mass is 35.5. The normalized spacial score (nSPS) is 14.7. The monoisotopic (exact) mass is 315 g/mol. The standard InChI is InChI=1S/C13H15Cl2N3O2/c14-9-5-8-1-3-18(7-10(8)11(15)6-9)4-2-12(19)17-13(16)20/h5-6H,1-4,7H2,(H3,16,17,19,20). The Hall–Kier alpha value is -1.30. The number of nitrogens with two attached hydrogens (primary N) is 1. The van der Waals surface area contributed by atoms with Crippen LogP contribution in [0.4, 0.5) is 4.79 Å². The van der Waals surface area contributed by atoms with Crippen LogP contribution in [0, 0.1) is 0 Å². The van der Waals surface area contributed by atoms with Gasteiger partial charge in [0, 0.05) is 36.1 Å². The van der Waals surface area contributed by atoms with E-state index in [2.05, 4.69) is 10.2 Å². The van der Waals surface area contributed by atoms with Gasteiger partial charge in [-0.3, -0.25) is 15.0 Å². The number of nitrogens with one attached hydrogen (secondary N) is 1. The minimum atomic E-state index is -0.823. The van der Waals surface area contributed by atoms with E-state index < -0.39 is 6.03 Å². The van der Waals surface area contributed by atoms with Crippen molar-refractivity contribution in [3.8, 4) is 0 Å². The molecule has 1 heterocycles. The number of rotatable bonds is 3. The van der Waals surface area contributed by atoms with Crippen LogP contribution in [0.2, 0.25) is 10.0 Å². The van der Waals surface area contributed by atoms with Crippen LogP contribution in [0.1, 0.15) is 17.5 Å². The van der Waals surface area contributed by atoms with Gasteiger partial charge in [0.25, 0.3) is 0 Å². The zero-order valence-corrected chi connectivity index (χ0v) is 12.3. The van der Waals surface area contributed by atoms with Crippen LogP contribution in [-0.2, 0) is 17.8 Å². The van der Waals surface area contributed by atoms with Gasteiger partial charge in [0.1, 0.15) is 0 Å². The fraction of sp³-hybridized carbons (Fsp3) is 0.385. The summed E-state index contributed by atoms with van der Waals surface area (Å²) in [5, 5.41) is 3.34. The zero-order valence-electron chi connectivity index (χ0n) is 10.8. The predicted molar refractivity (Wildman–Crippen MR) is 77.8 cm³/mol. The Bertz CT molecular complexity index is 549. The zero-order chi connectivity index (χ0) is 14.7. The third-order valence-corrected chi connectivity index (χ3v) is 3.80. The summed E-state index contributed by atoms with van der Waals surface area (Å²) >= 11 is 12.2. The number of imide groups is 1. The molecule has 0 atom stereocenters. The molecule has 5 nitrogen and oxygen atoms in total. The van der Waals surface area contributed by atoms with Crippen LogP contribution in [0.25, 0.3) is 0 Å². The second-order valence-electron chi connectivity index (χ2n) is 4.71. The van der Waals surface area contributed by atoms with Gasteiger partial charge in [-0.25, -0.2) is 4.79 Å². The van der Waals surface area contributed by atoms with Crippen molar-refractivity contribution >= 4 is 35.1 Å². The molecule has 0 bridgehead atoms. The van der Waals surface area contributed by atoms with E-state index in [4.69, 9.17) is 28.9 Å². The van der Waals surface area contributed by atoms with Crippen LogP contribution in [-0.4, -0.2) is 29.9 Å². The summed E-state index contributed by atoms with van der Waals surface area (Å²) in [6.07, 6.45) is 1.07. The fourth-order valence-corrected chi connectivity index (χ4v) is 2.88. The van der Waals surface area contributed by atoms with E-state index in [-0.39, 0.29) is 12.3 Å². The Morgan fingerprint density at radius 1 is 1.35 bits per heavy atom. The number of carbonyl (C=O) groups is 2. The number of fused-ring (bicyclic) bond motifs is 1. The molecule has 0 aliphatic carbocycles. The molecule has 0 saturated carbocycles. The molecule has 0 radical (unpaired) electrons. The van der Waals surface area contributed by atoms with Crippen molar-refractivity contribution in [2.24, 2.45) is 5.73 Å². The Morgan fingerprint density at radius 3 is 2.80 bits per heavy atom. The second-order valence-corrected chi connectivity index (χ2v) is 5.56. The first-order chi connectivity index (χ1) is 9.45. The molecular weight excluding hydrogens is 301 g/mol. The summed E-state index contributed by atoms with van der Waals surface area (Å²) < 4.78 is 0. The van der Waals surface area contributed by atoms with E-state index in [1.54, 1.807) is 6.07 Å². The molecular formula is C13H15Cl2N3O2. The van der Waals surface area contributed by atoms with E-state index in [0.717, 1.165) is 24.1 Å². The number of urea groups is 1. The van der Waals surface area contributed by atoms with Crippen molar-refractivity contribution in [2.45, 2.75) is 19.4 Å². The molecule has 108 valence electrons. The van der Waals surface area contributed by atoms with Gasteiger partial charge in [0.2, 0.25) is 5.91 Å². The van der Waals surface area contributed by atoms with Gasteiger partial charge in [-0.2, -0.15) is 0 Å². The third kappa shape index (κ3) is 3.85. The van der Waals surface area contributed by atoms with Gasteiger partial charge < -0.3 is 5.73 Å². The lowest BCUT2D eigenvalue weighted by Crippen LogP contribution is -2.38. The fourth-order valence-electron chi connectivity index (χ4n) is 2.29. The molecule has 7 heteroatoms. The molecule has 20 heavy (non-hydrogen) atoms. The Morgan fingerprint density at radius 2 is 2.10 bits per heavy atom. The van der Waals surface area contributed by atoms with Crippen molar-refractivity contribution in [3.05, 3.63) is 33.3 Å². The van der Waals surface area contributed by atoms with Crippen LogP contribution in [0.15, 0.2) is 12.1 Å². The first kappa shape index (κ1) is 15.1. The largest absolute Gasteiger partial charge is 0.351 e. The number of hydrogen-bond donors (Lipinski definition) is 2. The van der Waals surface area contributed by atoms with Crippen molar-refractivity contribution < 1.29 is 9.59 Å². The van der Waals surface area contributed by atoms with Crippen molar-refractivity contribution in [1.29, 1.82) is 0 Å². The van der Waals surface area contributed by atoms with Crippen LogP contribution >= 0.6 is 23.2 Å². The van der Waals surface area contributed by atoms with E-state index >= 15 is 0 Å². The maximum atomic E-state index is 11.4. The number of halogens is 2. The van der Waals surface area contributed by atoms with Gasteiger partial charge >= 0.3 is 6.03 Å². The lowest BCUT2D eigenvalue weighted by atomic mass is 9.99. The lowest BCUT2D eigenvalue weighted by molar-refractivity contribution is -0.120. The van der Waals surface area contributed by atoms with E-state index in [9.17, 15) is 9.59 Å². The summed E-state index contributed by atoms with van der Waals surface area (Å²) in [6.45, 7) is 2.06. The van der Waals surface area contributed by atoms with Crippen LogP contribution in [0.5, 0.6) is 0 Å². The molecule has 1 aromatic carbocycles. The number of amides is 3. The van der Waals surface area contributed by atoms with Crippen LogP contribution in [0.3, 0.4) is 0 Å². The molecule has 0 spiro atoms. The summed E-state index contributed by atoms with van der Waals surface area (Å²) in [7, 11) is 0. The first-order valence-corrected chi connectivity index (χ1v) is 6.99. The van der Waals surface area contributed by atoms with E-state index in [0.29, 0.717) is 23.1 Å². The molecule has 0 aromatic heterocycles. The average Bonchev–Trinajstić information content (AvgIpc) is 2.35. The molecule has 0 fully saturated rings. The van der Waals surface area contributed by atoms with E-state index in [1.165, 1.54) is 0 Å². The predicted octanol–water partition coefficient (Wildman–Crippen LogP) is 1.94. The van der Waals surface area contributed by atoms with Gasteiger partial charge in [-0.05, 0) is 29.7 Å². The van der Waals surface area contributed by atoms with E-state index in [1.807, 2.05) is 6.07 Å². The topological polar surface area (TPSA) is 75.4 Å². The average molecular weight is 316 g/mol. The second kappa shape index (κ2) is 6.43. The number of benzene rings is 1. The summed E-state index contributed by atoms with van der Waals surface area (Å²) in [4.78, 5) is 24.0. The van der Waals surface area contributed by atoms with Crippen molar-refractivity contribution in [1.82, 2.24) is 10.2 Å². The summed E-state index contributed by atoms with van der Waals surface area (Å²) in [5.41, 5.74) is 7.09. The maximum absolute atomic E-state index is 11.4. The first-order valence-electron chi connectivity index (χ1n) is 6.24. The van der Waals surface area contributed by atoms with Gasteiger partial charge in [-0.15, -0.1) is 0 Å². The van der Waals surface area contributed by atoms with Crippen molar-refractivity contribution in [2.75, 3.05) is 13.1 Å². The molecule has 1 aromatic rings. The number of hydrogen-bond acceptors (Lipinski definition) is 3. The highest BCUT2D eigenvalue weighted by molar-refractivity contribution is 6.35. The minimum Gasteiger partial charge on any atom is -0.351 e. The summed E-state index contributed by atoms with van der Waals surface area (Å²) in [6, 6.07) is 2.84. The molecule has 1 aliphatic rings. The molecule has 3 amide bonds. The Kier molecular flexibility index (Phi) is 4.86. The number of carbonyl (C=O) groups excluding carboxylic acids is 2. The summed E-state index contributed by atoms with van der Waals surface area (Å²) in [5.74, 6) is -0.370. The number of nitrogens with zero attached hydrogens (tertiary/aromatic N) is 1. The highest BCUT2D eigenvalue weighted by Crippen LogP contribution is 2.29. The van der Waals surface area contributed by atoms with Gasteiger partial charge in [0.05, 0.1) is 0 Å². The van der Waals surface area contributed by atoms with Gasteiger partial charge in [-0.1, -0.05) is 23.2 Å². The smallest absolute Gasteiger partial charge is 0.318 e. The van der Waals surface area contributed by atoms with Crippen LogP contribution < -0.4 is 11.1 Å². The molecule has 0 unspecified atom stereocenters. The Balaban J connectivity index is 1.94. The molecule has 2 rings (SSSR count). The lowest BCUT2D eigenvalue weighted by Gasteiger charge is -2.29. The molecule has 3 N–H and O–H groups in total. The minimum absolute atomic E-state index is 0.226. The SMILES string of the molecule is NC(=O)NC(=O)CCN1CCc2cc(Cl)cc(Cl)c2C1. The van der Waals surface area contributed by atoms with Gasteiger partial charge in [0.15, 0.2) is 0 Å². The third-order valence-electron chi connectivity index (χ3n) is 3.25. The van der Waals surface area contributed by atoms with Crippen molar-refractivity contribution in [3.63, 3.8) is 0 Å². The highest BCUT2D eigenvalue weighted by Gasteiger charge is 2.19. The molecule has 1 aliphatic heterocycles. The maximum Gasteiger partial charge on any atom is 0.318 e. The number of primary amides is 1. The quantitative estimate of drug-likeness (QED) is 0.895. The Labute approximate surface area is 127 Å². The molecule has 0 saturated heterocycles.